The van der Waals surface area contributed by atoms with E-state index in [0.29, 0.717) is 13.0 Å². The molecule has 0 saturated heterocycles. The number of carbonyl (C=O) groups is 4. The standard InChI is InChI=1S/C15H27N3O6/c1-9(2)13(15(23)24)18-14(22)10(8-12(20)21)17-11(19)6-4-3-5-7-16/h9-10,13H,3-8,16H2,1-2H3,(H,17,19)(H,18,22)(H,20,21)(H,23,24)/t10-,13-/m0/s1. The van der Waals surface area contributed by atoms with E-state index >= 15 is 0 Å². The Morgan fingerprint density at radius 1 is 1.00 bits per heavy atom. The smallest absolute Gasteiger partial charge is 0.326 e. The van der Waals surface area contributed by atoms with Gasteiger partial charge in [0.25, 0.3) is 0 Å². The fourth-order valence-electron chi connectivity index (χ4n) is 2.02. The fraction of sp³-hybridized carbons (Fsp3) is 0.733. The predicted molar refractivity (Wildman–Crippen MR) is 86.1 cm³/mol. The van der Waals surface area contributed by atoms with Gasteiger partial charge in [-0.1, -0.05) is 20.3 Å². The molecule has 0 aromatic rings. The number of amides is 2. The molecule has 9 nitrogen and oxygen atoms in total. The number of rotatable bonds is 12. The van der Waals surface area contributed by atoms with Gasteiger partial charge in [-0.3, -0.25) is 14.4 Å². The Kier molecular flexibility index (Phi) is 10.4. The first kappa shape index (κ1) is 21.8. The zero-order valence-corrected chi connectivity index (χ0v) is 14.1. The molecule has 0 unspecified atom stereocenters. The van der Waals surface area contributed by atoms with E-state index in [1.165, 1.54) is 0 Å². The molecule has 0 rings (SSSR count). The third-order valence-corrected chi connectivity index (χ3v) is 3.37. The molecule has 0 bridgehead atoms. The van der Waals surface area contributed by atoms with Crippen molar-refractivity contribution in [3.8, 4) is 0 Å². The number of carboxylic acids is 2. The second-order valence-electron chi connectivity index (χ2n) is 5.89. The SMILES string of the molecule is CC(C)[C@H](NC(=O)[C@H](CC(=O)O)NC(=O)CCCCCN)C(=O)O. The highest BCUT2D eigenvalue weighted by Gasteiger charge is 2.29. The van der Waals surface area contributed by atoms with Crippen molar-refractivity contribution in [2.75, 3.05) is 6.54 Å². The fourth-order valence-corrected chi connectivity index (χ4v) is 2.02. The molecule has 0 spiro atoms. The molecule has 0 saturated carbocycles. The molecule has 6 N–H and O–H groups in total. The number of carbonyl (C=O) groups excluding carboxylic acids is 2. The molecule has 9 heteroatoms. The average Bonchev–Trinajstić information content (AvgIpc) is 2.47. The van der Waals surface area contributed by atoms with Crippen LogP contribution in [0.5, 0.6) is 0 Å². The lowest BCUT2D eigenvalue weighted by Gasteiger charge is -2.22. The first-order valence-corrected chi connectivity index (χ1v) is 7.93. The van der Waals surface area contributed by atoms with E-state index in [0.717, 1.165) is 12.8 Å². The topological polar surface area (TPSA) is 159 Å². The molecule has 0 aliphatic carbocycles. The summed E-state index contributed by atoms with van der Waals surface area (Å²) in [6, 6.07) is -2.47. The van der Waals surface area contributed by atoms with Crippen LogP contribution in [0.2, 0.25) is 0 Å². The first-order valence-electron chi connectivity index (χ1n) is 7.93. The number of nitrogens with one attached hydrogen (secondary N) is 2. The maximum atomic E-state index is 12.1. The van der Waals surface area contributed by atoms with Crippen LogP contribution in [0.15, 0.2) is 0 Å². The molecule has 24 heavy (non-hydrogen) atoms. The minimum Gasteiger partial charge on any atom is -0.481 e. The zero-order valence-electron chi connectivity index (χ0n) is 14.1. The molecule has 0 radical (unpaired) electrons. The Balaban J connectivity index is 4.74. The maximum Gasteiger partial charge on any atom is 0.326 e. The summed E-state index contributed by atoms with van der Waals surface area (Å²) in [5, 5.41) is 22.6. The van der Waals surface area contributed by atoms with E-state index in [1.54, 1.807) is 13.8 Å². The van der Waals surface area contributed by atoms with Crippen molar-refractivity contribution < 1.29 is 29.4 Å². The molecular formula is C15H27N3O6. The van der Waals surface area contributed by atoms with Crippen LogP contribution in [0, 0.1) is 5.92 Å². The number of nitrogens with two attached hydrogens (primary N) is 1. The second kappa shape index (κ2) is 11.4. The van der Waals surface area contributed by atoms with Gasteiger partial charge in [0, 0.05) is 6.42 Å². The lowest BCUT2D eigenvalue weighted by atomic mass is 10.0. The number of carboxylic acid groups (broad SMARTS) is 2. The van der Waals surface area contributed by atoms with Crippen LogP contribution in [0.1, 0.15) is 46.0 Å². The molecular weight excluding hydrogens is 318 g/mol. The largest absolute Gasteiger partial charge is 0.481 e. The first-order chi connectivity index (χ1) is 11.2. The van der Waals surface area contributed by atoms with Gasteiger partial charge < -0.3 is 26.6 Å². The molecule has 0 aromatic heterocycles. The molecule has 0 aromatic carbocycles. The summed E-state index contributed by atoms with van der Waals surface area (Å²) < 4.78 is 0. The molecule has 0 fully saturated rings. The van der Waals surface area contributed by atoms with E-state index in [9.17, 15) is 19.2 Å². The molecule has 138 valence electrons. The summed E-state index contributed by atoms with van der Waals surface area (Å²) in [6.07, 6.45) is 1.64. The Labute approximate surface area is 141 Å². The molecule has 0 aliphatic rings. The minimum absolute atomic E-state index is 0.149. The summed E-state index contributed by atoms with van der Waals surface area (Å²) in [5.41, 5.74) is 5.35. The number of hydrogen-bond acceptors (Lipinski definition) is 5. The number of unbranched alkanes of at least 4 members (excludes halogenated alkanes) is 2. The molecule has 0 aliphatic heterocycles. The van der Waals surface area contributed by atoms with Crippen molar-refractivity contribution in [3.05, 3.63) is 0 Å². The van der Waals surface area contributed by atoms with Crippen LogP contribution in [-0.4, -0.2) is 52.6 Å². The highest BCUT2D eigenvalue weighted by molar-refractivity contribution is 5.92. The van der Waals surface area contributed by atoms with Crippen LogP contribution in [0.4, 0.5) is 0 Å². The van der Waals surface area contributed by atoms with E-state index in [4.69, 9.17) is 15.9 Å². The third-order valence-electron chi connectivity index (χ3n) is 3.37. The van der Waals surface area contributed by atoms with Crippen molar-refractivity contribution >= 4 is 23.8 Å². The van der Waals surface area contributed by atoms with Gasteiger partial charge in [0.1, 0.15) is 12.1 Å². The van der Waals surface area contributed by atoms with Crippen LogP contribution in [0.25, 0.3) is 0 Å². The Morgan fingerprint density at radius 3 is 2.08 bits per heavy atom. The molecule has 2 atom stereocenters. The average molecular weight is 345 g/mol. The van der Waals surface area contributed by atoms with Crippen molar-refractivity contribution in [2.24, 2.45) is 11.7 Å². The van der Waals surface area contributed by atoms with Crippen LogP contribution >= 0.6 is 0 Å². The van der Waals surface area contributed by atoms with Crippen molar-refractivity contribution in [1.82, 2.24) is 10.6 Å². The van der Waals surface area contributed by atoms with E-state index in [-0.39, 0.29) is 12.3 Å². The number of aliphatic carboxylic acids is 2. The second-order valence-corrected chi connectivity index (χ2v) is 5.89. The summed E-state index contributed by atoms with van der Waals surface area (Å²) in [7, 11) is 0. The lowest BCUT2D eigenvalue weighted by molar-refractivity contribution is -0.144. The quantitative estimate of drug-likeness (QED) is 0.303. The Bertz CT molecular complexity index is 452. The van der Waals surface area contributed by atoms with Gasteiger partial charge in [-0.25, -0.2) is 4.79 Å². The van der Waals surface area contributed by atoms with E-state index < -0.39 is 42.3 Å². The molecule has 0 heterocycles. The molecule has 2 amide bonds. The van der Waals surface area contributed by atoms with Gasteiger partial charge in [0.15, 0.2) is 0 Å². The van der Waals surface area contributed by atoms with E-state index in [2.05, 4.69) is 10.6 Å². The third kappa shape index (κ3) is 9.09. The lowest BCUT2D eigenvalue weighted by Crippen LogP contribution is -2.53. The van der Waals surface area contributed by atoms with Gasteiger partial charge in [-0.15, -0.1) is 0 Å². The zero-order chi connectivity index (χ0) is 18.7. The Morgan fingerprint density at radius 2 is 1.62 bits per heavy atom. The summed E-state index contributed by atoms with van der Waals surface area (Å²) in [6.45, 7) is 3.75. The van der Waals surface area contributed by atoms with E-state index in [1.807, 2.05) is 0 Å². The van der Waals surface area contributed by atoms with Gasteiger partial charge in [-0.05, 0) is 25.3 Å². The summed E-state index contributed by atoms with van der Waals surface area (Å²) in [5.74, 6) is -4.15. The van der Waals surface area contributed by atoms with Crippen LogP contribution in [-0.2, 0) is 19.2 Å². The minimum atomic E-state index is -1.31. The normalized spacial score (nSPS) is 13.2. The maximum absolute atomic E-state index is 12.1. The van der Waals surface area contributed by atoms with Gasteiger partial charge in [0.2, 0.25) is 11.8 Å². The highest BCUT2D eigenvalue weighted by Crippen LogP contribution is 2.05. The van der Waals surface area contributed by atoms with Crippen LogP contribution in [0.3, 0.4) is 0 Å². The highest BCUT2D eigenvalue weighted by atomic mass is 16.4. The summed E-state index contributed by atoms with van der Waals surface area (Å²) >= 11 is 0. The van der Waals surface area contributed by atoms with Crippen molar-refractivity contribution in [3.63, 3.8) is 0 Å². The van der Waals surface area contributed by atoms with Gasteiger partial charge in [-0.2, -0.15) is 0 Å². The van der Waals surface area contributed by atoms with Gasteiger partial charge in [0.05, 0.1) is 6.42 Å². The predicted octanol–water partition coefficient (Wildman–Crippen LogP) is -0.310. The van der Waals surface area contributed by atoms with Crippen molar-refractivity contribution in [2.45, 2.75) is 58.0 Å². The summed E-state index contributed by atoms with van der Waals surface area (Å²) in [4.78, 5) is 46.0. The van der Waals surface area contributed by atoms with Crippen molar-refractivity contribution in [1.29, 1.82) is 0 Å². The van der Waals surface area contributed by atoms with Crippen LogP contribution < -0.4 is 16.4 Å². The monoisotopic (exact) mass is 345 g/mol. The Hall–Kier alpha value is -2.16. The van der Waals surface area contributed by atoms with Gasteiger partial charge >= 0.3 is 11.9 Å². The number of hydrogen-bond donors (Lipinski definition) is 5.